The quantitative estimate of drug-likeness (QED) is 0.721. The molecule has 0 fully saturated rings. The van der Waals surface area contributed by atoms with Crippen molar-refractivity contribution in [1.29, 1.82) is 0 Å². The van der Waals surface area contributed by atoms with Crippen LogP contribution in [-0.2, 0) is 9.84 Å². The van der Waals surface area contributed by atoms with Crippen LogP contribution in [0, 0.1) is 0 Å². The van der Waals surface area contributed by atoms with E-state index in [4.69, 9.17) is 4.74 Å². The maximum Gasteiger partial charge on any atom is 0.152 e. The van der Waals surface area contributed by atoms with Gasteiger partial charge in [0.1, 0.15) is 5.75 Å². The number of benzene rings is 1. The van der Waals surface area contributed by atoms with Gasteiger partial charge in [-0.1, -0.05) is 32.4 Å². The molecule has 0 amide bonds. The molecule has 0 radical (unpaired) electrons. The number of nitrogens with one attached hydrogen (secondary N) is 1. The molecule has 1 aromatic rings. The lowest BCUT2D eigenvalue weighted by Gasteiger charge is -2.17. The normalized spacial score (nSPS) is 13.1. The van der Waals surface area contributed by atoms with Crippen LogP contribution in [0.4, 0.5) is 0 Å². The second-order valence-electron chi connectivity index (χ2n) is 5.23. The molecule has 1 rings (SSSR count). The summed E-state index contributed by atoms with van der Waals surface area (Å²) in [6.45, 7) is 4.76. The van der Waals surface area contributed by atoms with Crippen LogP contribution in [0.15, 0.2) is 24.3 Å². The Bertz CT molecular complexity index is 497. The van der Waals surface area contributed by atoms with Crippen LogP contribution in [0.2, 0.25) is 0 Å². The van der Waals surface area contributed by atoms with Crippen molar-refractivity contribution >= 4 is 9.84 Å². The summed E-state index contributed by atoms with van der Waals surface area (Å²) in [6.07, 6.45) is 2.59. The zero-order valence-corrected chi connectivity index (χ0v) is 14.1. The van der Waals surface area contributed by atoms with Gasteiger partial charge in [-0.2, -0.15) is 0 Å². The van der Waals surface area contributed by atoms with Crippen LogP contribution < -0.4 is 10.1 Å². The lowest BCUT2D eigenvalue weighted by molar-refractivity contribution is 0.317. The second kappa shape index (κ2) is 9.05. The molecule has 0 aliphatic heterocycles. The molecular weight excluding hydrogens is 286 g/mol. The van der Waals surface area contributed by atoms with Crippen molar-refractivity contribution in [3.8, 4) is 5.75 Å². The van der Waals surface area contributed by atoms with E-state index in [1.807, 2.05) is 31.2 Å². The Morgan fingerprint density at radius 3 is 2.33 bits per heavy atom. The lowest BCUT2D eigenvalue weighted by atomic mass is 10.1. The van der Waals surface area contributed by atoms with Crippen molar-refractivity contribution in [2.24, 2.45) is 0 Å². The predicted octanol–water partition coefficient (Wildman–Crippen LogP) is 2.95. The van der Waals surface area contributed by atoms with Crippen LogP contribution >= 0.6 is 0 Å². The summed E-state index contributed by atoms with van der Waals surface area (Å²) in [7, 11) is -1.23. The van der Waals surface area contributed by atoms with Crippen molar-refractivity contribution in [1.82, 2.24) is 5.32 Å². The number of unbranched alkanes of at least 4 members (excludes halogenated alkanes) is 1. The fourth-order valence-electron chi connectivity index (χ4n) is 2.06. The van der Waals surface area contributed by atoms with Gasteiger partial charge in [0, 0.05) is 6.04 Å². The highest BCUT2D eigenvalue weighted by molar-refractivity contribution is 7.91. The average Bonchev–Trinajstić information content (AvgIpc) is 2.49. The van der Waals surface area contributed by atoms with Crippen LogP contribution in [-0.4, -0.2) is 33.6 Å². The van der Waals surface area contributed by atoms with Gasteiger partial charge in [-0.25, -0.2) is 8.42 Å². The number of hydrogen-bond acceptors (Lipinski definition) is 4. The Morgan fingerprint density at radius 2 is 1.81 bits per heavy atom. The molecule has 1 N–H and O–H groups in total. The van der Waals surface area contributed by atoms with E-state index in [-0.39, 0.29) is 17.5 Å². The smallest absolute Gasteiger partial charge is 0.152 e. The number of ether oxygens (including phenoxy) is 1. The molecule has 1 unspecified atom stereocenters. The van der Waals surface area contributed by atoms with Gasteiger partial charge in [0.2, 0.25) is 0 Å². The van der Waals surface area contributed by atoms with Crippen molar-refractivity contribution < 1.29 is 13.2 Å². The van der Waals surface area contributed by atoms with Crippen molar-refractivity contribution in [2.45, 2.75) is 39.2 Å². The van der Waals surface area contributed by atoms with E-state index < -0.39 is 9.84 Å². The summed E-state index contributed by atoms with van der Waals surface area (Å²) >= 11 is 0. The Kier molecular flexibility index (Phi) is 7.75. The molecule has 0 aliphatic carbocycles. The highest BCUT2D eigenvalue weighted by Gasteiger charge is 2.19. The molecule has 0 saturated carbocycles. The molecule has 120 valence electrons. The van der Waals surface area contributed by atoms with Gasteiger partial charge in [-0.05, 0) is 37.6 Å². The van der Waals surface area contributed by atoms with E-state index in [0.29, 0.717) is 6.61 Å². The molecule has 0 bridgehead atoms. The zero-order chi connectivity index (χ0) is 15.7. The summed E-state index contributed by atoms with van der Waals surface area (Å²) in [5, 5.41) is 3.09. The molecule has 21 heavy (non-hydrogen) atoms. The summed E-state index contributed by atoms with van der Waals surface area (Å²) in [5.41, 5.74) is 0.974. The molecule has 0 heterocycles. The summed E-state index contributed by atoms with van der Waals surface area (Å²) in [4.78, 5) is 0. The topological polar surface area (TPSA) is 55.4 Å². The third-order valence-corrected chi connectivity index (χ3v) is 5.09. The maximum atomic E-state index is 12.1. The molecule has 0 aromatic heterocycles. The first-order chi connectivity index (χ1) is 10.0. The first kappa shape index (κ1) is 18.0. The highest BCUT2D eigenvalue weighted by Crippen LogP contribution is 2.20. The van der Waals surface area contributed by atoms with E-state index in [0.717, 1.165) is 30.6 Å². The Hall–Kier alpha value is -1.07. The summed E-state index contributed by atoms with van der Waals surface area (Å²) in [5.74, 6) is 1.22. The summed E-state index contributed by atoms with van der Waals surface area (Å²) in [6, 6.07) is 7.48. The van der Waals surface area contributed by atoms with Gasteiger partial charge >= 0.3 is 0 Å². The highest BCUT2D eigenvalue weighted by atomic mass is 32.2. The Labute approximate surface area is 128 Å². The molecule has 0 spiro atoms. The van der Waals surface area contributed by atoms with Crippen molar-refractivity contribution in [3.63, 3.8) is 0 Å². The van der Waals surface area contributed by atoms with Gasteiger partial charge in [0.05, 0.1) is 18.1 Å². The Balaban J connectivity index is 2.71. The van der Waals surface area contributed by atoms with Gasteiger partial charge in [0.15, 0.2) is 9.84 Å². The standard InChI is InChI=1S/C16H27NO3S/c1-4-6-12-21(18,19)13-16(17-3)14-7-9-15(10-8-14)20-11-5-2/h7-10,16-17H,4-6,11-13H2,1-3H3. The van der Waals surface area contributed by atoms with E-state index >= 15 is 0 Å². The molecule has 4 nitrogen and oxygen atoms in total. The largest absolute Gasteiger partial charge is 0.494 e. The molecule has 1 aromatic carbocycles. The monoisotopic (exact) mass is 313 g/mol. The third kappa shape index (κ3) is 6.48. The molecular formula is C16H27NO3S. The van der Waals surface area contributed by atoms with E-state index in [1.54, 1.807) is 7.05 Å². The SMILES string of the molecule is CCCCS(=O)(=O)CC(NC)c1ccc(OCCC)cc1. The van der Waals surface area contributed by atoms with Crippen molar-refractivity contribution in [3.05, 3.63) is 29.8 Å². The minimum absolute atomic E-state index is 0.138. The third-order valence-electron chi connectivity index (χ3n) is 3.33. The van der Waals surface area contributed by atoms with Crippen LogP contribution in [0.3, 0.4) is 0 Å². The van der Waals surface area contributed by atoms with E-state index in [2.05, 4.69) is 12.2 Å². The van der Waals surface area contributed by atoms with Crippen LogP contribution in [0.25, 0.3) is 0 Å². The maximum absolute atomic E-state index is 12.1. The minimum Gasteiger partial charge on any atom is -0.494 e. The van der Waals surface area contributed by atoms with Crippen LogP contribution in [0.5, 0.6) is 5.75 Å². The van der Waals surface area contributed by atoms with Gasteiger partial charge < -0.3 is 10.1 Å². The fraction of sp³-hybridized carbons (Fsp3) is 0.625. The van der Waals surface area contributed by atoms with E-state index in [9.17, 15) is 8.42 Å². The predicted molar refractivity (Wildman–Crippen MR) is 87.6 cm³/mol. The first-order valence-corrected chi connectivity index (χ1v) is 9.45. The second-order valence-corrected chi connectivity index (χ2v) is 7.46. The molecule has 0 saturated heterocycles. The Morgan fingerprint density at radius 1 is 1.14 bits per heavy atom. The lowest BCUT2D eigenvalue weighted by Crippen LogP contribution is -2.26. The molecule has 0 aliphatic rings. The zero-order valence-electron chi connectivity index (χ0n) is 13.3. The number of rotatable bonds is 10. The number of sulfone groups is 1. The van der Waals surface area contributed by atoms with Gasteiger partial charge in [-0.15, -0.1) is 0 Å². The van der Waals surface area contributed by atoms with E-state index in [1.165, 1.54) is 0 Å². The van der Waals surface area contributed by atoms with Crippen molar-refractivity contribution in [2.75, 3.05) is 25.2 Å². The van der Waals surface area contributed by atoms with Crippen LogP contribution in [0.1, 0.15) is 44.7 Å². The fourth-order valence-corrected chi connectivity index (χ4v) is 3.83. The molecule has 5 heteroatoms. The van der Waals surface area contributed by atoms with Gasteiger partial charge in [0.25, 0.3) is 0 Å². The minimum atomic E-state index is -3.02. The summed E-state index contributed by atoms with van der Waals surface area (Å²) < 4.78 is 29.7. The van der Waals surface area contributed by atoms with Gasteiger partial charge in [-0.3, -0.25) is 0 Å². The average molecular weight is 313 g/mol. The molecule has 1 atom stereocenters. The first-order valence-electron chi connectivity index (χ1n) is 7.62. The number of hydrogen-bond donors (Lipinski definition) is 1.